The summed E-state index contributed by atoms with van der Waals surface area (Å²) in [7, 11) is 0. The van der Waals surface area contributed by atoms with Gasteiger partial charge in [0.25, 0.3) is 0 Å². The number of thiophene rings is 1. The topological polar surface area (TPSA) is 72.8 Å². The average Bonchev–Trinajstić information content (AvgIpc) is 3.21. The van der Waals surface area contributed by atoms with Gasteiger partial charge in [0.1, 0.15) is 0 Å². The summed E-state index contributed by atoms with van der Waals surface area (Å²) in [6.07, 6.45) is 0.189. The van der Waals surface area contributed by atoms with Crippen LogP contribution < -0.4 is 9.47 Å². The molecule has 0 saturated carbocycles. The molecular weight excluding hydrogens is 372 g/mol. The number of carbonyl (C=O) groups is 2. The van der Waals surface area contributed by atoms with Gasteiger partial charge in [-0.1, -0.05) is 17.7 Å². The molecule has 24 heavy (non-hydrogen) atoms. The van der Waals surface area contributed by atoms with Crippen molar-refractivity contribution in [1.82, 2.24) is 0 Å². The van der Waals surface area contributed by atoms with E-state index in [0.717, 1.165) is 5.56 Å². The van der Waals surface area contributed by atoms with E-state index in [1.54, 1.807) is 18.2 Å². The summed E-state index contributed by atoms with van der Waals surface area (Å²) in [6, 6.07) is 7.04. The molecule has 1 aromatic heterocycles. The van der Waals surface area contributed by atoms with Crippen molar-refractivity contribution in [3.05, 3.63) is 45.1 Å². The van der Waals surface area contributed by atoms with Crippen LogP contribution >= 0.6 is 34.7 Å². The van der Waals surface area contributed by atoms with Crippen molar-refractivity contribution in [3.8, 4) is 11.5 Å². The van der Waals surface area contributed by atoms with E-state index in [9.17, 15) is 9.59 Å². The maximum Gasteiger partial charge on any atom is 0.313 e. The zero-order valence-electron chi connectivity index (χ0n) is 12.4. The number of halogens is 1. The second-order valence-electron chi connectivity index (χ2n) is 5.03. The Kier molecular flexibility index (Phi) is 5.33. The van der Waals surface area contributed by atoms with Gasteiger partial charge < -0.3 is 14.6 Å². The van der Waals surface area contributed by atoms with Gasteiger partial charge in [-0.25, -0.2) is 0 Å². The van der Waals surface area contributed by atoms with Gasteiger partial charge in [0.15, 0.2) is 17.3 Å². The Labute approximate surface area is 151 Å². The van der Waals surface area contributed by atoms with Crippen molar-refractivity contribution in [1.29, 1.82) is 0 Å². The van der Waals surface area contributed by atoms with Gasteiger partial charge in [0.05, 0.1) is 15.7 Å². The molecule has 0 unspecified atom stereocenters. The van der Waals surface area contributed by atoms with Gasteiger partial charge >= 0.3 is 5.97 Å². The molecule has 126 valence electrons. The molecule has 1 aliphatic heterocycles. The highest BCUT2D eigenvalue weighted by Crippen LogP contribution is 2.44. The fraction of sp³-hybridized carbons (Fsp3) is 0.250. The van der Waals surface area contributed by atoms with E-state index < -0.39 is 5.97 Å². The lowest BCUT2D eigenvalue weighted by atomic mass is 10.1. The molecule has 1 aromatic carbocycles. The van der Waals surface area contributed by atoms with Crippen molar-refractivity contribution in [2.75, 3.05) is 12.5 Å². The van der Waals surface area contributed by atoms with Crippen LogP contribution in [0, 0.1) is 0 Å². The summed E-state index contributed by atoms with van der Waals surface area (Å²) >= 11 is 8.77. The minimum atomic E-state index is -0.930. The molecule has 5 nitrogen and oxygen atoms in total. The number of hydrogen-bond acceptors (Lipinski definition) is 6. The van der Waals surface area contributed by atoms with E-state index in [0.29, 0.717) is 21.4 Å². The van der Waals surface area contributed by atoms with Crippen LogP contribution in [0.5, 0.6) is 11.5 Å². The number of rotatable bonds is 7. The fourth-order valence-electron chi connectivity index (χ4n) is 2.32. The minimum Gasteiger partial charge on any atom is -0.481 e. The zero-order chi connectivity index (χ0) is 17.1. The van der Waals surface area contributed by atoms with Crippen LogP contribution in [0.25, 0.3) is 0 Å². The van der Waals surface area contributed by atoms with Gasteiger partial charge in [0.2, 0.25) is 6.79 Å². The number of carboxylic acid groups (broad SMARTS) is 1. The number of ether oxygens (including phenoxy) is 2. The summed E-state index contributed by atoms with van der Waals surface area (Å²) < 4.78 is 10.6. The number of aliphatic carboxylic acids is 1. The molecule has 0 spiro atoms. The number of ketones is 1. The van der Waals surface area contributed by atoms with Crippen LogP contribution in [0.3, 0.4) is 0 Å². The lowest BCUT2D eigenvalue weighted by Crippen LogP contribution is -2.08. The molecule has 2 aromatic rings. The number of fused-ring (bicyclic) bond motifs is 1. The lowest BCUT2D eigenvalue weighted by molar-refractivity contribution is -0.133. The molecule has 0 radical (unpaired) electrons. The Bertz CT molecular complexity index is 760. The van der Waals surface area contributed by atoms with Crippen molar-refractivity contribution < 1.29 is 24.2 Å². The molecule has 3 rings (SSSR count). The van der Waals surface area contributed by atoms with E-state index >= 15 is 0 Å². The molecule has 1 atom stereocenters. The minimum absolute atomic E-state index is 0.0262. The Morgan fingerprint density at radius 2 is 2.21 bits per heavy atom. The Balaban J connectivity index is 1.85. The van der Waals surface area contributed by atoms with Crippen LogP contribution in [0.2, 0.25) is 5.02 Å². The van der Waals surface area contributed by atoms with Crippen molar-refractivity contribution in [3.63, 3.8) is 0 Å². The zero-order valence-corrected chi connectivity index (χ0v) is 14.7. The molecule has 0 bridgehead atoms. The molecule has 1 aliphatic rings. The summed E-state index contributed by atoms with van der Waals surface area (Å²) in [5.74, 6) is -0.0647. The quantitative estimate of drug-likeness (QED) is 0.719. The number of carbonyl (C=O) groups excluding carboxylic acids is 1. The van der Waals surface area contributed by atoms with Gasteiger partial charge in [-0.05, 0) is 29.1 Å². The summed E-state index contributed by atoms with van der Waals surface area (Å²) in [6.45, 7) is 0.0968. The number of hydrogen-bond donors (Lipinski definition) is 1. The first-order valence-electron chi connectivity index (χ1n) is 7.03. The summed E-state index contributed by atoms with van der Waals surface area (Å²) in [5.41, 5.74) is 0.750. The fourth-order valence-corrected chi connectivity index (χ4v) is 4.22. The monoisotopic (exact) mass is 384 g/mol. The largest absolute Gasteiger partial charge is 0.481 e. The first-order valence-corrected chi connectivity index (χ1v) is 9.34. The maximum atomic E-state index is 12.4. The third kappa shape index (κ3) is 3.85. The van der Waals surface area contributed by atoms with Gasteiger partial charge in [-0.3, -0.25) is 9.59 Å². The highest BCUT2D eigenvalue weighted by atomic mass is 35.5. The molecule has 2 heterocycles. The van der Waals surface area contributed by atoms with E-state index in [-0.39, 0.29) is 30.0 Å². The highest BCUT2D eigenvalue weighted by Gasteiger charge is 2.24. The Hall–Kier alpha value is -1.70. The van der Waals surface area contributed by atoms with E-state index in [1.165, 1.54) is 23.1 Å². The van der Waals surface area contributed by atoms with Crippen LogP contribution in [-0.2, 0) is 4.79 Å². The third-order valence-corrected chi connectivity index (χ3v) is 5.84. The number of carboxylic acids is 1. The van der Waals surface area contributed by atoms with Crippen molar-refractivity contribution in [2.24, 2.45) is 0 Å². The second kappa shape index (κ2) is 7.46. The van der Waals surface area contributed by atoms with E-state index in [4.69, 9.17) is 26.2 Å². The van der Waals surface area contributed by atoms with Crippen LogP contribution in [0.4, 0.5) is 0 Å². The molecule has 1 N–H and O–H groups in total. The predicted octanol–water partition coefficient (Wildman–Crippen LogP) is 4.26. The highest BCUT2D eigenvalue weighted by molar-refractivity contribution is 8.00. The van der Waals surface area contributed by atoms with E-state index in [1.807, 2.05) is 11.4 Å². The molecule has 0 aliphatic carbocycles. The van der Waals surface area contributed by atoms with Gasteiger partial charge in [0, 0.05) is 11.7 Å². The van der Waals surface area contributed by atoms with Gasteiger partial charge in [-0.15, -0.1) is 23.1 Å². The maximum absolute atomic E-state index is 12.4. The average molecular weight is 385 g/mol. The molecule has 0 saturated heterocycles. The third-order valence-electron chi connectivity index (χ3n) is 3.40. The van der Waals surface area contributed by atoms with E-state index in [2.05, 4.69) is 0 Å². The van der Waals surface area contributed by atoms with Crippen molar-refractivity contribution in [2.45, 2.75) is 11.7 Å². The summed E-state index contributed by atoms with van der Waals surface area (Å²) in [4.78, 5) is 24.0. The number of Topliss-reactive ketones (excluding diaryl/α,β-unsaturated/α-hetero) is 1. The standard InChI is InChI=1S/C16H13ClO5S2/c17-10-4-9(5-12-16(10)22-8-21-12)14(24-7-15(19)20)6-11(18)13-2-1-3-23-13/h1-5,14H,6-8H2,(H,19,20)/t14-/m0/s1. The normalized spacial score (nSPS) is 13.7. The van der Waals surface area contributed by atoms with Crippen LogP contribution in [0.1, 0.15) is 26.9 Å². The van der Waals surface area contributed by atoms with Crippen LogP contribution in [-0.4, -0.2) is 29.4 Å². The van der Waals surface area contributed by atoms with Crippen molar-refractivity contribution >= 4 is 46.5 Å². The van der Waals surface area contributed by atoms with Crippen LogP contribution in [0.15, 0.2) is 29.6 Å². The Morgan fingerprint density at radius 1 is 1.38 bits per heavy atom. The number of thioether (sulfide) groups is 1. The SMILES string of the molecule is O=C(O)CS[C@@H](CC(=O)c1cccs1)c1cc(Cl)c2c(c1)OCO2. The second-order valence-corrected chi connectivity index (χ2v) is 7.58. The molecular formula is C16H13ClO5S2. The Morgan fingerprint density at radius 3 is 2.92 bits per heavy atom. The molecule has 0 amide bonds. The molecule has 0 fully saturated rings. The first kappa shape index (κ1) is 17.1. The first-order chi connectivity index (χ1) is 11.5. The molecule has 8 heteroatoms. The van der Waals surface area contributed by atoms with Gasteiger partial charge in [-0.2, -0.15) is 0 Å². The predicted molar refractivity (Wildman–Crippen MR) is 93.7 cm³/mol. The number of benzene rings is 1. The smallest absolute Gasteiger partial charge is 0.313 e. The summed E-state index contributed by atoms with van der Waals surface area (Å²) in [5, 5.41) is 10.9. The lowest BCUT2D eigenvalue weighted by Gasteiger charge is -2.16.